The largest absolute Gasteiger partial charge is 0.256 e. The predicted molar refractivity (Wildman–Crippen MR) is 64.4 cm³/mol. The molecule has 3 heteroatoms. The highest BCUT2D eigenvalue weighted by atomic mass is 35.5. The second kappa shape index (κ2) is 4.21. The van der Waals surface area contributed by atoms with Gasteiger partial charge in [-0.05, 0) is 24.6 Å². The molecular weight excluding hydrogens is 229 g/mol. The molecule has 2 rings (SSSR count). The number of hydrogen-bond donors (Lipinski definition) is 0. The summed E-state index contributed by atoms with van der Waals surface area (Å²) in [5.41, 5.74) is 2.84. The van der Waals surface area contributed by atoms with Crippen LogP contribution in [0, 0.1) is 6.92 Å². The van der Waals surface area contributed by atoms with E-state index in [9.17, 15) is 0 Å². The van der Waals surface area contributed by atoms with E-state index >= 15 is 0 Å². The number of pyridine rings is 1. The van der Waals surface area contributed by atoms with Gasteiger partial charge in [0.1, 0.15) is 0 Å². The van der Waals surface area contributed by atoms with Crippen LogP contribution in [-0.2, 0) is 0 Å². The van der Waals surface area contributed by atoms with Gasteiger partial charge in [-0.25, -0.2) is 0 Å². The van der Waals surface area contributed by atoms with Crippen molar-refractivity contribution in [3.05, 3.63) is 52.1 Å². The Morgan fingerprint density at radius 2 is 1.87 bits per heavy atom. The summed E-state index contributed by atoms with van der Waals surface area (Å²) >= 11 is 12.1. The summed E-state index contributed by atoms with van der Waals surface area (Å²) in [4.78, 5) is 4.31. The van der Waals surface area contributed by atoms with Crippen LogP contribution in [0.15, 0.2) is 36.5 Å². The summed E-state index contributed by atoms with van der Waals surface area (Å²) in [5, 5.41) is 1.11. The maximum atomic E-state index is 6.13. The number of hydrogen-bond acceptors (Lipinski definition) is 1. The molecule has 0 atom stereocenters. The van der Waals surface area contributed by atoms with E-state index in [1.807, 2.05) is 31.2 Å². The lowest BCUT2D eigenvalue weighted by Gasteiger charge is -2.07. The number of rotatable bonds is 1. The zero-order valence-electron chi connectivity index (χ0n) is 8.17. The first kappa shape index (κ1) is 10.5. The Kier molecular flexibility index (Phi) is 2.94. The van der Waals surface area contributed by atoms with E-state index in [1.54, 1.807) is 12.3 Å². The van der Waals surface area contributed by atoms with Gasteiger partial charge in [0, 0.05) is 11.8 Å². The maximum absolute atomic E-state index is 6.13. The second-order valence-corrected chi connectivity index (χ2v) is 4.06. The van der Waals surface area contributed by atoms with Crippen molar-refractivity contribution in [2.45, 2.75) is 6.92 Å². The van der Waals surface area contributed by atoms with Crippen LogP contribution < -0.4 is 0 Å². The number of halogens is 2. The number of aryl methyl sites for hydroxylation is 1. The van der Waals surface area contributed by atoms with Crippen molar-refractivity contribution in [3.63, 3.8) is 0 Å². The van der Waals surface area contributed by atoms with Gasteiger partial charge in [-0.3, -0.25) is 4.98 Å². The van der Waals surface area contributed by atoms with Gasteiger partial charge in [0.25, 0.3) is 0 Å². The lowest BCUT2D eigenvalue weighted by Crippen LogP contribution is -1.88. The molecule has 0 radical (unpaired) electrons. The fourth-order valence-electron chi connectivity index (χ4n) is 1.45. The van der Waals surface area contributed by atoms with Gasteiger partial charge in [0.15, 0.2) is 0 Å². The first-order valence-corrected chi connectivity index (χ1v) is 5.32. The van der Waals surface area contributed by atoms with Crippen LogP contribution in [-0.4, -0.2) is 4.98 Å². The third-order valence-electron chi connectivity index (χ3n) is 2.22. The van der Waals surface area contributed by atoms with Gasteiger partial charge >= 0.3 is 0 Å². The first-order chi connectivity index (χ1) is 7.20. The Morgan fingerprint density at radius 1 is 1.07 bits per heavy atom. The van der Waals surface area contributed by atoms with Crippen LogP contribution in [0.25, 0.3) is 11.3 Å². The predicted octanol–water partition coefficient (Wildman–Crippen LogP) is 4.36. The van der Waals surface area contributed by atoms with E-state index < -0.39 is 0 Å². The van der Waals surface area contributed by atoms with E-state index in [1.165, 1.54) is 0 Å². The molecule has 15 heavy (non-hydrogen) atoms. The molecule has 0 amide bonds. The molecule has 0 spiro atoms. The molecule has 2 aromatic rings. The third kappa shape index (κ3) is 1.99. The SMILES string of the molecule is Cc1cccnc1-c1cccc(Cl)c1Cl. The first-order valence-electron chi connectivity index (χ1n) is 4.56. The zero-order valence-corrected chi connectivity index (χ0v) is 9.68. The zero-order chi connectivity index (χ0) is 10.8. The number of benzene rings is 1. The van der Waals surface area contributed by atoms with E-state index in [-0.39, 0.29) is 0 Å². The fourth-order valence-corrected chi connectivity index (χ4v) is 1.84. The molecule has 76 valence electrons. The topological polar surface area (TPSA) is 12.9 Å². The Bertz CT molecular complexity index is 495. The Morgan fingerprint density at radius 3 is 2.60 bits per heavy atom. The van der Waals surface area contributed by atoms with Crippen molar-refractivity contribution < 1.29 is 0 Å². The highest BCUT2D eigenvalue weighted by Crippen LogP contribution is 2.33. The minimum atomic E-state index is 0.555. The maximum Gasteiger partial charge on any atom is 0.0746 e. The van der Waals surface area contributed by atoms with Crippen molar-refractivity contribution in [1.82, 2.24) is 4.98 Å². The molecule has 0 saturated heterocycles. The molecule has 0 aliphatic rings. The average molecular weight is 238 g/mol. The molecule has 0 fully saturated rings. The molecule has 1 aromatic carbocycles. The van der Waals surface area contributed by atoms with Crippen molar-refractivity contribution in [2.75, 3.05) is 0 Å². The van der Waals surface area contributed by atoms with E-state index in [2.05, 4.69) is 4.98 Å². The Hall–Kier alpha value is -1.05. The number of aromatic nitrogens is 1. The lowest BCUT2D eigenvalue weighted by atomic mass is 10.1. The van der Waals surface area contributed by atoms with E-state index in [0.717, 1.165) is 16.8 Å². The van der Waals surface area contributed by atoms with Crippen LogP contribution >= 0.6 is 23.2 Å². The lowest BCUT2D eigenvalue weighted by molar-refractivity contribution is 1.27. The fraction of sp³-hybridized carbons (Fsp3) is 0.0833. The summed E-state index contributed by atoms with van der Waals surface area (Å²) in [7, 11) is 0. The molecule has 0 bridgehead atoms. The van der Waals surface area contributed by atoms with Crippen molar-refractivity contribution >= 4 is 23.2 Å². The molecule has 0 N–H and O–H groups in total. The van der Waals surface area contributed by atoms with Gasteiger partial charge in [-0.15, -0.1) is 0 Å². The monoisotopic (exact) mass is 237 g/mol. The van der Waals surface area contributed by atoms with Gasteiger partial charge in [-0.2, -0.15) is 0 Å². The van der Waals surface area contributed by atoms with Crippen LogP contribution in [0.4, 0.5) is 0 Å². The van der Waals surface area contributed by atoms with E-state index in [0.29, 0.717) is 10.0 Å². The van der Waals surface area contributed by atoms with Crippen LogP contribution in [0.3, 0.4) is 0 Å². The Balaban J connectivity index is 2.65. The van der Waals surface area contributed by atoms with Crippen molar-refractivity contribution in [1.29, 1.82) is 0 Å². The van der Waals surface area contributed by atoms with Gasteiger partial charge in [-0.1, -0.05) is 41.4 Å². The minimum absolute atomic E-state index is 0.555. The highest BCUT2D eigenvalue weighted by molar-refractivity contribution is 6.43. The summed E-state index contributed by atoms with van der Waals surface area (Å²) in [6.45, 7) is 2.00. The van der Waals surface area contributed by atoms with Crippen molar-refractivity contribution in [3.8, 4) is 11.3 Å². The van der Waals surface area contributed by atoms with E-state index in [4.69, 9.17) is 23.2 Å². The standard InChI is InChI=1S/C12H9Cl2N/c1-8-4-3-7-15-12(8)9-5-2-6-10(13)11(9)14/h2-7H,1H3. The van der Waals surface area contributed by atoms with Gasteiger partial charge in [0.2, 0.25) is 0 Å². The number of nitrogens with zero attached hydrogens (tertiary/aromatic N) is 1. The summed E-state index contributed by atoms with van der Waals surface area (Å²) < 4.78 is 0. The average Bonchev–Trinajstić information content (AvgIpc) is 2.23. The normalized spacial score (nSPS) is 10.3. The molecule has 0 aliphatic heterocycles. The highest BCUT2D eigenvalue weighted by Gasteiger charge is 2.09. The van der Waals surface area contributed by atoms with Crippen LogP contribution in [0.5, 0.6) is 0 Å². The molecular formula is C12H9Cl2N. The minimum Gasteiger partial charge on any atom is -0.256 e. The van der Waals surface area contributed by atoms with Gasteiger partial charge in [0.05, 0.1) is 15.7 Å². The van der Waals surface area contributed by atoms with Crippen LogP contribution in [0.2, 0.25) is 10.0 Å². The van der Waals surface area contributed by atoms with Crippen molar-refractivity contribution in [2.24, 2.45) is 0 Å². The molecule has 1 aromatic heterocycles. The second-order valence-electron chi connectivity index (χ2n) is 3.27. The molecule has 0 aliphatic carbocycles. The summed E-state index contributed by atoms with van der Waals surface area (Å²) in [6, 6.07) is 9.46. The Labute approximate surface area is 98.7 Å². The van der Waals surface area contributed by atoms with Crippen LogP contribution in [0.1, 0.15) is 5.56 Å². The quantitative estimate of drug-likeness (QED) is 0.719. The van der Waals surface area contributed by atoms with Gasteiger partial charge < -0.3 is 0 Å². The smallest absolute Gasteiger partial charge is 0.0746 e. The molecule has 1 nitrogen and oxygen atoms in total. The molecule has 0 unspecified atom stereocenters. The molecule has 0 saturated carbocycles. The summed E-state index contributed by atoms with van der Waals surface area (Å²) in [6.07, 6.45) is 1.75. The third-order valence-corrected chi connectivity index (χ3v) is 3.04. The molecule has 1 heterocycles. The summed E-state index contributed by atoms with van der Waals surface area (Å²) in [5.74, 6) is 0.